The highest BCUT2D eigenvalue weighted by molar-refractivity contribution is 5.75. The molecule has 2 aromatic rings. The van der Waals surface area contributed by atoms with Crippen molar-refractivity contribution in [2.75, 3.05) is 25.0 Å². The molecule has 2 N–H and O–H groups in total. The minimum Gasteiger partial charge on any atom is -0.420 e. The summed E-state index contributed by atoms with van der Waals surface area (Å²) >= 11 is 0. The average Bonchev–Trinajstić information content (AvgIpc) is 2.63. The SMILES string of the molecule is CN(CCN)c1nc2cccc(F)c2o1. The molecule has 0 radical (unpaired) electrons. The van der Waals surface area contributed by atoms with E-state index in [1.54, 1.807) is 24.1 Å². The van der Waals surface area contributed by atoms with Crippen molar-refractivity contribution in [2.24, 2.45) is 5.73 Å². The van der Waals surface area contributed by atoms with Gasteiger partial charge in [-0.2, -0.15) is 4.98 Å². The van der Waals surface area contributed by atoms with Crippen molar-refractivity contribution < 1.29 is 8.81 Å². The van der Waals surface area contributed by atoms with Crippen LogP contribution in [0.15, 0.2) is 22.6 Å². The molecule has 0 amide bonds. The van der Waals surface area contributed by atoms with E-state index in [0.717, 1.165) is 0 Å². The van der Waals surface area contributed by atoms with E-state index in [4.69, 9.17) is 10.2 Å². The number of para-hydroxylation sites is 1. The quantitative estimate of drug-likeness (QED) is 0.829. The van der Waals surface area contributed by atoms with E-state index in [9.17, 15) is 4.39 Å². The molecular weight excluding hydrogens is 197 g/mol. The van der Waals surface area contributed by atoms with Crippen LogP contribution in [-0.4, -0.2) is 25.1 Å². The molecule has 5 heteroatoms. The summed E-state index contributed by atoms with van der Waals surface area (Å²) in [4.78, 5) is 5.91. The summed E-state index contributed by atoms with van der Waals surface area (Å²) in [5, 5.41) is 0. The molecule has 0 bridgehead atoms. The third kappa shape index (κ3) is 1.78. The summed E-state index contributed by atoms with van der Waals surface area (Å²) in [5.41, 5.74) is 6.12. The van der Waals surface area contributed by atoms with Crippen LogP contribution in [0.1, 0.15) is 0 Å². The first kappa shape index (κ1) is 9.92. The molecule has 2 rings (SSSR count). The lowest BCUT2D eigenvalue weighted by Crippen LogP contribution is -2.25. The minimum atomic E-state index is -0.396. The van der Waals surface area contributed by atoms with Crippen LogP contribution in [0.25, 0.3) is 11.1 Å². The molecule has 0 saturated heterocycles. The number of nitrogens with two attached hydrogens (primary N) is 1. The molecule has 0 aliphatic rings. The van der Waals surface area contributed by atoms with Crippen LogP contribution in [-0.2, 0) is 0 Å². The van der Waals surface area contributed by atoms with Gasteiger partial charge in [0.25, 0.3) is 6.01 Å². The topological polar surface area (TPSA) is 55.3 Å². The van der Waals surface area contributed by atoms with Crippen LogP contribution >= 0.6 is 0 Å². The van der Waals surface area contributed by atoms with Crippen LogP contribution in [0, 0.1) is 5.82 Å². The van der Waals surface area contributed by atoms with E-state index in [-0.39, 0.29) is 5.58 Å². The van der Waals surface area contributed by atoms with E-state index in [1.165, 1.54) is 6.07 Å². The zero-order valence-electron chi connectivity index (χ0n) is 8.40. The number of oxazole rings is 1. The van der Waals surface area contributed by atoms with Crippen molar-refractivity contribution in [1.29, 1.82) is 0 Å². The van der Waals surface area contributed by atoms with Gasteiger partial charge in [0.2, 0.25) is 0 Å². The maximum atomic E-state index is 13.3. The number of likely N-dealkylation sites (N-methyl/N-ethyl adjacent to an activating group) is 1. The van der Waals surface area contributed by atoms with Gasteiger partial charge in [0.1, 0.15) is 5.52 Å². The van der Waals surface area contributed by atoms with Gasteiger partial charge in [-0.3, -0.25) is 0 Å². The Balaban J connectivity index is 2.43. The normalized spacial score (nSPS) is 10.9. The Bertz CT molecular complexity index is 469. The summed E-state index contributed by atoms with van der Waals surface area (Å²) in [6.07, 6.45) is 0. The van der Waals surface area contributed by atoms with Crippen LogP contribution in [0.4, 0.5) is 10.4 Å². The van der Waals surface area contributed by atoms with Gasteiger partial charge in [0.15, 0.2) is 11.4 Å². The van der Waals surface area contributed by atoms with Gasteiger partial charge in [0, 0.05) is 20.1 Å². The van der Waals surface area contributed by atoms with Crippen LogP contribution < -0.4 is 10.6 Å². The Morgan fingerprint density at radius 3 is 3.00 bits per heavy atom. The summed E-state index contributed by atoms with van der Waals surface area (Å²) in [6.45, 7) is 1.12. The number of hydrogen-bond donors (Lipinski definition) is 1. The lowest BCUT2D eigenvalue weighted by atomic mass is 10.3. The summed E-state index contributed by atoms with van der Waals surface area (Å²) in [5.74, 6) is -0.396. The highest BCUT2D eigenvalue weighted by atomic mass is 19.1. The van der Waals surface area contributed by atoms with E-state index < -0.39 is 5.82 Å². The van der Waals surface area contributed by atoms with Gasteiger partial charge in [-0.1, -0.05) is 6.07 Å². The van der Waals surface area contributed by atoms with Crippen LogP contribution in [0.5, 0.6) is 0 Å². The number of aromatic nitrogens is 1. The predicted molar refractivity (Wildman–Crippen MR) is 56.3 cm³/mol. The Hall–Kier alpha value is -1.62. The van der Waals surface area contributed by atoms with E-state index in [1.807, 2.05) is 0 Å². The van der Waals surface area contributed by atoms with Gasteiger partial charge in [0.05, 0.1) is 0 Å². The van der Waals surface area contributed by atoms with Crippen molar-refractivity contribution in [3.8, 4) is 0 Å². The second-order valence-electron chi connectivity index (χ2n) is 3.29. The maximum absolute atomic E-state index is 13.3. The fraction of sp³-hybridized carbons (Fsp3) is 0.300. The first-order valence-electron chi connectivity index (χ1n) is 4.68. The number of fused-ring (bicyclic) bond motifs is 1. The summed E-state index contributed by atoms with van der Waals surface area (Å²) < 4.78 is 18.6. The number of halogens is 1. The summed E-state index contributed by atoms with van der Waals surface area (Å²) in [6, 6.07) is 5.05. The molecule has 0 aliphatic heterocycles. The number of rotatable bonds is 3. The second kappa shape index (κ2) is 3.86. The molecule has 1 aromatic carbocycles. The van der Waals surface area contributed by atoms with Gasteiger partial charge in [-0.25, -0.2) is 4.39 Å². The maximum Gasteiger partial charge on any atom is 0.298 e. The lowest BCUT2D eigenvalue weighted by Gasteiger charge is -2.11. The standard InChI is InChI=1S/C10H12FN3O/c1-14(6-5-12)10-13-8-4-2-3-7(11)9(8)15-10/h2-4H,5-6,12H2,1H3. The molecule has 0 unspecified atom stereocenters. The Morgan fingerprint density at radius 2 is 2.33 bits per heavy atom. The van der Waals surface area contributed by atoms with Gasteiger partial charge in [-0.05, 0) is 12.1 Å². The van der Waals surface area contributed by atoms with Gasteiger partial charge >= 0.3 is 0 Å². The number of benzene rings is 1. The van der Waals surface area contributed by atoms with E-state index in [2.05, 4.69) is 4.98 Å². The highest BCUT2D eigenvalue weighted by Crippen LogP contribution is 2.22. The molecule has 0 fully saturated rings. The van der Waals surface area contributed by atoms with E-state index in [0.29, 0.717) is 24.6 Å². The largest absolute Gasteiger partial charge is 0.420 e. The summed E-state index contributed by atoms with van der Waals surface area (Å²) in [7, 11) is 1.80. The molecule has 0 atom stereocenters. The van der Waals surface area contributed by atoms with Crippen molar-refractivity contribution >= 4 is 17.1 Å². The molecule has 15 heavy (non-hydrogen) atoms. The molecule has 4 nitrogen and oxygen atoms in total. The molecular formula is C10H12FN3O. The first-order valence-corrected chi connectivity index (χ1v) is 4.68. The predicted octanol–water partition coefficient (Wildman–Crippen LogP) is 1.36. The Labute approximate surface area is 86.5 Å². The average molecular weight is 209 g/mol. The molecule has 0 spiro atoms. The zero-order chi connectivity index (χ0) is 10.8. The van der Waals surface area contributed by atoms with Crippen molar-refractivity contribution in [3.05, 3.63) is 24.0 Å². The fourth-order valence-electron chi connectivity index (χ4n) is 1.36. The monoisotopic (exact) mass is 209 g/mol. The molecule has 0 saturated carbocycles. The molecule has 1 aromatic heterocycles. The third-order valence-electron chi connectivity index (χ3n) is 2.15. The lowest BCUT2D eigenvalue weighted by molar-refractivity contribution is 0.546. The van der Waals surface area contributed by atoms with Crippen molar-refractivity contribution in [3.63, 3.8) is 0 Å². The van der Waals surface area contributed by atoms with Crippen molar-refractivity contribution in [1.82, 2.24) is 4.98 Å². The van der Waals surface area contributed by atoms with Crippen LogP contribution in [0.2, 0.25) is 0 Å². The Morgan fingerprint density at radius 1 is 1.53 bits per heavy atom. The van der Waals surface area contributed by atoms with Gasteiger partial charge in [-0.15, -0.1) is 0 Å². The first-order chi connectivity index (χ1) is 7.22. The molecule has 1 heterocycles. The minimum absolute atomic E-state index is 0.191. The Kier molecular flexibility index (Phi) is 2.55. The fourth-order valence-corrected chi connectivity index (χ4v) is 1.36. The van der Waals surface area contributed by atoms with Crippen LogP contribution in [0.3, 0.4) is 0 Å². The highest BCUT2D eigenvalue weighted by Gasteiger charge is 2.12. The second-order valence-corrected chi connectivity index (χ2v) is 3.29. The third-order valence-corrected chi connectivity index (χ3v) is 2.15. The number of hydrogen-bond acceptors (Lipinski definition) is 4. The zero-order valence-corrected chi connectivity index (χ0v) is 8.40. The number of nitrogens with zero attached hydrogens (tertiary/aromatic N) is 2. The molecule has 80 valence electrons. The smallest absolute Gasteiger partial charge is 0.298 e. The number of anilines is 1. The van der Waals surface area contributed by atoms with Gasteiger partial charge < -0.3 is 15.1 Å². The van der Waals surface area contributed by atoms with Crippen molar-refractivity contribution in [2.45, 2.75) is 0 Å². The molecule has 0 aliphatic carbocycles. The van der Waals surface area contributed by atoms with E-state index >= 15 is 0 Å².